The lowest BCUT2D eigenvalue weighted by atomic mass is 9.89. The third-order valence-electron chi connectivity index (χ3n) is 5.72. The second-order valence-corrected chi connectivity index (χ2v) is 8.16. The van der Waals surface area contributed by atoms with Crippen molar-refractivity contribution in [2.24, 2.45) is 0 Å². The van der Waals surface area contributed by atoms with Crippen LogP contribution in [-0.2, 0) is 12.8 Å². The molecule has 1 heterocycles. The van der Waals surface area contributed by atoms with E-state index in [1.54, 1.807) is 55.5 Å². The predicted molar refractivity (Wildman–Crippen MR) is 127 cm³/mol. The smallest absolute Gasteiger partial charge is 0.416 e. The number of carbonyl (C=O) groups is 2. The van der Waals surface area contributed by atoms with Gasteiger partial charge in [0.05, 0.1) is 18.7 Å². The Labute approximate surface area is 205 Å². The SMILES string of the molecule is COc1cc([C@@H]2NC(=O)NC(C)=C2C(=O)c2ccccc2)ccc1OCc1cccc(C(F)(F)F)c1. The molecule has 0 fully saturated rings. The minimum Gasteiger partial charge on any atom is -0.493 e. The van der Waals surface area contributed by atoms with Gasteiger partial charge in [-0.15, -0.1) is 0 Å². The van der Waals surface area contributed by atoms with Crippen LogP contribution in [-0.4, -0.2) is 18.9 Å². The average Bonchev–Trinajstić information content (AvgIpc) is 2.86. The number of hydrogen-bond donors (Lipinski definition) is 2. The number of alkyl halides is 3. The van der Waals surface area contributed by atoms with Crippen LogP contribution in [0.3, 0.4) is 0 Å². The highest BCUT2D eigenvalue weighted by Gasteiger charge is 2.32. The molecule has 1 aliphatic heterocycles. The van der Waals surface area contributed by atoms with Crippen LogP contribution < -0.4 is 20.1 Å². The van der Waals surface area contributed by atoms with Gasteiger partial charge in [-0.1, -0.05) is 48.5 Å². The number of benzene rings is 3. The van der Waals surface area contributed by atoms with E-state index < -0.39 is 23.8 Å². The Kier molecular flexibility index (Phi) is 7.00. The maximum Gasteiger partial charge on any atom is 0.416 e. The lowest BCUT2D eigenvalue weighted by Gasteiger charge is -2.29. The summed E-state index contributed by atoms with van der Waals surface area (Å²) in [7, 11) is 1.42. The molecule has 1 aliphatic rings. The van der Waals surface area contributed by atoms with Gasteiger partial charge in [0.2, 0.25) is 0 Å². The molecule has 1 atom stereocenters. The van der Waals surface area contributed by atoms with Crippen LogP contribution in [0.25, 0.3) is 0 Å². The fourth-order valence-corrected chi connectivity index (χ4v) is 3.97. The number of carbonyl (C=O) groups excluding carboxylic acids is 2. The number of rotatable bonds is 7. The highest BCUT2D eigenvalue weighted by atomic mass is 19.4. The van der Waals surface area contributed by atoms with E-state index in [2.05, 4.69) is 10.6 Å². The van der Waals surface area contributed by atoms with E-state index in [1.165, 1.54) is 19.2 Å². The van der Waals surface area contributed by atoms with Gasteiger partial charge in [0.15, 0.2) is 17.3 Å². The van der Waals surface area contributed by atoms with Crippen LogP contribution in [0.4, 0.5) is 18.0 Å². The van der Waals surface area contributed by atoms with Crippen molar-refractivity contribution in [1.82, 2.24) is 10.6 Å². The summed E-state index contributed by atoms with van der Waals surface area (Å²) >= 11 is 0. The third kappa shape index (κ3) is 5.35. The molecule has 0 aliphatic carbocycles. The molecule has 9 heteroatoms. The van der Waals surface area contributed by atoms with Crippen LogP contribution in [0.2, 0.25) is 0 Å². The lowest BCUT2D eigenvalue weighted by Crippen LogP contribution is -2.45. The van der Waals surface area contributed by atoms with Crippen LogP contribution in [0.1, 0.15) is 40.0 Å². The Morgan fingerprint density at radius 1 is 0.972 bits per heavy atom. The quantitative estimate of drug-likeness (QED) is 0.405. The minimum atomic E-state index is -4.45. The highest BCUT2D eigenvalue weighted by molar-refractivity contribution is 6.11. The first kappa shape index (κ1) is 24.8. The van der Waals surface area contributed by atoms with Crippen molar-refractivity contribution >= 4 is 11.8 Å². The summed E-state index contributed by atoms with van der Waals surface area (Å²) in [4.78, 5) is 25.5. The maximum absolute atomic E-state index is 13.3. The van der Waals surface area contributed by atoms with Gasteiger partial charge < -0.3 is 20.1 Å². The molecule has 0 spiro atoms. The van der Waals surface area contributed by atoms with Crippen LogP contribution >= 0.6 is 0 Å². The Morgan fingerprint density at radius 2 is 1.72 bits per heavy atom. The minimum absolute atomic E-state index is 0.111. The van der Waals surface area contributed by atoms with Crippen LogP contribution in [0, 0.1) is 0 Å². The topological polar surface area (TPSA) is 76.7 Å². The fraction of sp³-hybridized carbons (Fsp3) is 0.185. The number of nitrogens with one attached hydrogen (secondary N) is 2. The Hall–Kier alpha value is -4.27. The lowest BCUT2D eigenvalue weighted by molar-refractivity contribution is -0.137. The Balaban J connectivity index is 1.61. The summed E-state index contributed by atoms with van der Waals surface area (Å²) in [5.74, 6) is 0.362. The summed E-state index contributed by atoms with van der Waals surface area (Å²) in [6.07, 6.45) is -4.45. The Bertz CT molecular complexity index is 1320. The standard InChI is InChI=1S/C27H23F3N2O4/c1-16-23(25(33)18-8-4-3-5-9-18)24(32-26(34)31-16)19-11-12-21(22(14-19)35-2)36-15-17-7-6-10-20(13-17)27(28,29)30/h3-14,24H,15H2,1-2H3,(H2,31,32,34)/t24-/m0/s1. The molecule has 6 nitrogen and oxygen atoms in total. The summed E-state index contributed by atoms with van der Waals surface area (Å²) < 4.78 is 50.2. The molecule has 0 aromatic heterocycles. The van der Waals surface area contributed by atoms with Gasteiger partial charge in [-0.3, -0.25) is 4.79 Å². The predicted octanol–water partition coefficient (Wildman–Crippen LogP) is 5.80. The van der Waals surface area contributed by atoms with Gasteiger partial charge in [-0.2, -0.15) is 13.2 Å². The molecule has 2 N–H and O–H groups in total. The number of halogens is 3. The van der Waals surface area contributed by atoms with Gasteiger partial charge in [0, 0.05) is 16.8 Å². The molecule has 36 heavy (non-hydrogen) atoms. The van der Waals surface area contributed by atoms with Crippen LogP contribution in [0.5, 0.6) is 11.5 Å². The first-order chi connectivity index (χ1) is 17.2. The van der Waals surface area contributed by atoms with E-state index in [0.717, 1.165) is 12.1 Å². The van der Waals surface area contributed by atoms with Crippen molar-refractivity contribution < 1.29 is 32.2 Å². The zero-order valence-electron chi connectivity index (χ0n) is 19.5. The van der Waals surface area contributed by atoms with E-state index >= 15 is 0 Å². The van der Waals surface area contributed by atoms with Crippen molar-refractivity contribution in [3.8, 4) is 11.5 Å². The molecule has 3 aromatic carbocycles. The molecule has 0 saturated carbocycles. The monoisotopic (exact) mass is 496 g/mol. The van der Waals surface area contributed by atoms with Gasteiger partial charge in [-0.05, 0) is 42.3 Å². The number of ketones is 1. The van der Waals surface area contributed by atoms with Crippen molar-refractivity contribution in [2.45, 2.75) is 25.7 Å². The van der Waals surface area contributed by atoms with E-state index in [-0.39, 0.29) is 12.4 Å². The number of ether oxygens (including phenoxy) is 2. The molecule has 4 rings (SSSR count). The zero-order valence-corrected chi connectivity index (χ0v) is 19.5. The molecule has 0 saturated heterocycles. The molecule has 186 valence electrons. The number of urea groups is 1. The average molecular weight is 496 g/mol. The highest BCUT2D eigenvalue weighted by Crippen LogP contribution is 2.36. The number of allylic oxidation sites excluding steroid dienone is 1. The van der Waals surface area contributed by atoms with Crippen molar-refractivity contribution in [2.75, 3.05) is 7.11 Å². The zero-order chi connectivity index (χ0) is 25.9. The number of hydrogen-bond acceptors (Lipinski definition) is 4. The molecule has 0 unspecified atom stereocenters. The molecular weight excluding hydrogens is 473 g/mol. The summed E-state index contributed by atoms with van der Waals surface area (Å²) in [5, 5.41) is 5.43. The van der Waals surface area contributed by atoms with E-state index in [4.69, 9.17) is 9.47 Å². The maximum atomic E-state index is 13.3. The van der Waals surface area contributed by atoms with E-state index in [0.29, 0.717) is 39.5 Å². The molecule has 2 amide bonds. The van der Waals surface area contributed by atoms with Crippen molar-refractivity contribution in [3.63, 3.8) is 0 Å². The molecule has 0 bridgehead atoms. The molecule has 3 aromatic rings. The largest absolute Gasteiger partial charge is 0.493 e. The van der Waals surface area contributed by atoms with E-state index in [9.17, 15) is 22.8 Å². The first-order valence-corrected chi connectivity index (χ1v) is 11.0. The number of amides is 2. The number of Topliss-reactive ketones (excluding diaryl/α,β-unsaturated/α-hetero) is 1. The van der Waals surface area contributed by atoms with E-state index in [1.807, 2.05) is 0 Å². The molecular formula is C27H23F3N2O4. The van der Waals surface area contributed by atoms with Crippen molar-refractivity contribution in [1.29, 1.82) is 0 Å². The van der Waals surface area contributed by atoms with Gasteiger partial charge in [0.1, 0.15) is 6.61 Å². The van der Waals surface area contributed by atoms with Gasteiger partial charge >= 0.3 is 12.2 Å². The summed E-state index contributed by atoms with van der Waals surface area (Å²) in [5.41, 5.74) is 1.44. The fourth-order valence-electron chi connectivity index (χ4n) is 3.97. The van der Waals surface area contributed by atoms with Gasteiger partial charge in [-0.25, -0.2) is 4.79 Å². The third-order valence-corrected chi connectivity index (χ3v) is 5.72. The first-order valence-electron chi connectivity index (χ1n) is 11.0. The second kappa shape index (κ2) is 10.2. The summed E-state index contributed by atoms with van der Waals surface area (Å²) in [6.45, 7) is 1.55. The normalized spacial score (nSPS) is 15.7. The Morgan fingerprint density at radius 3 is 2.42 bits per heavy atom. The second-order valence-electron chi connectivity index (χ2n) is 8.16. The molecule has 0 radical (unpaired) electrons. The van der Waals surface area contributed by atoms with Gasteiger partial charge in [0.25, 0.3) is 0 Å². The summed E-state index contributed by atoms with van der Waals surface area (Å²) in [6, 6.07) is 17.3. The van der Waals surface area contributed by atoms with Crippen molar-refractivity contribution in [3.05, 3.63) is 106 Å². The van der Waals surface area contributed by atoms with Crippen LogP contribution in [0.15, 0.2) is 84.1 Å². The number of methoxy groups -OCH3 is 1.